The van der Waals surface area contributed by atoms with Gasteiger partial charge in [0.2, 0.25) is 11.8 Å². The van der Waals surface area contributed by atoms with E-state index >= 15 is 0 Å². The molecule has 2 unspecified atom stereocenters. The van der Waals surface area contributed by atoms with Gasteiger partial charge in [-0.25, -0.2) is 4.79 Å². The van der Waals surface area contributed by atoms with Crippen molar-refractivity contribution in [3.8, 4) is 28.3 Å². The third-order valence-electron chi connectivity index (χ3n) is 6.45. The van der Waals surface area contributed by atoms with Crippen molar-refractivity contribution in [2.75, 3.05) is 7.11 Å². The number of nitrogens with zero attached hydrogens (tertiary/aromatic N) is 3. The number of aliphatic carboxylic acids is 1. The van der Waals surface area contributed by atoms with Crippen LogP contribution in [0.5, 0.6) is 5.75 Å². The monoisotopic (exact) mass is 574 g/mol. The molecular formula is C27H25ClF2N4O6. The van der Waals surface area contributed by atoms with Gasteiger partial charge in [-0.05, 0) is 49.6 Å². The summed E-state index contributed by atoms with van der Waals surface area (Å²) >= 11 is 6.22. The standard InChI is InChI=1S/C27H25ClF2N4O6/c1-4-19(23(36)31-27(2)9-7-14(8-10-27)26(37)38)34-13-20(39-3)18(12-21(34)35)17-11-15(28)5-6-16(17)24-32-33-25(40-24)22(29)30/h5-9,11-13,19,22H,4,10H2,1-3H3,(H,31,36)(H,37,38). The molecule has 1 aromatic carbocycles. The molecule has 0 saturated heterocycles. The second-order valence-corrected chi connectivity index (χ2v) is 9.71. The van der Waals surface area contributed by atoms with Gasteiger partial charge in [0.15, 0.2) is 0 Å². The number of hydrogen-bond donors (Lipinski definition) is 2. The first-order chi connectivity index (χ1) is 19.0. The molecular weight excluding hydrogens is 550 g/mol. The number of benzene rings is 1. The first-order valence-electron chi connectivity index (χ1n) is 12.1. The molecule has 1 aliphatic rings. The number of amides is 1. The Morgan fingerprint density at radius 3 is 2.58 bits per heavy atom. The highest BCUT2D eigenvalue weighted by atomic mass is 35.5. The van der Waals surface area contributed by atoms with Crippen molar-refractivity contribution in [3.63, 3.8) is 0 Å². The molecule has 0 spiro atoms. The van der Waals surface area contributed by atoms with Gasteiger partial charge in [0.25, 0.3) is 11.4 Å². The zero-order chi connectivity index (χ0) is 29.2. The normalized spacial score (nSPS) is 17.4. The van der Waals surface area contributed by atoms with Crippen LogP contribution in [0.3, 0.4) is 0 Å². The molecule has 40 heavy (non-hydrogen) atoms. The Balaban J connectivity index is 1.71. The molecule has 2 aromatic heterocycles. The lowest BCUT2D eigenvalue weighted by molar-refractivity contribution is -0.132. The number of alkyl halides is 2. The minimum atomic E-state index is -2.96. The van der Waals surface area contributed by atoms with E-state index in [0.29, 0.717) is 10.6 Å². The molecule has 13 heteroatoms. The number of hydrogen-bond acceptors (Lipinski definition) is 7. The third-order valence-corrected chi connectivity index (χ3v) is 6.69. The number of carbonyl (C=O) groups is 2. The van der Waals surface area contributed by atoms with Gasteiger partial charge in [-0.3, -0.25) is 14.2 Å². The van der Waals surface area contributed by atoms with Gasteiger partial charge in [0.05, 0.1) is 24.4 Å². The highest BCUT2D eigenvalue weighted by Crippen LogP contribution is 2.38. The van der Waals surface area contributed by atoms with Crippen LogP contribution < -0.4 is 15.6 Å². The van der Waals surface area contributed by atoms with Crippen LogP contribution in [0.15, 0.2) is 63.5 Å². The summed E-state index contributed by atoms with van der Waals surface area (Å²) in [5, 5.41) is 19.4. The Hall–Kier alpha value is -4.32. The highest BCUT2D eigenvalue weighted by Gasteiger charge is 2.31. The van der Waals surface area contributed by atoms with Crippen molar-refractivity contribution in [2.24, 2.45) is 0 Å². The number of carbonyl (C=O) groups excluding carboxylic acids is 1. The fraction of sp³-hybridized carbons (Fsp3) is 0.296. The smallest absolute Gasteiger partial charge is 0.335 e. The van der Waals surface area contributed by atoms with Crippen molar-refractivity contribution in [1.82, 2.24) is 20.1 Å². The van der Waals surface area contributed by atoms with E-state index in [2.05, 4.69) is 15.5 Å². The van der Waals surface area contributed by atoms with E-state index < -0.39 is 41.3 Å². The zero-order valence-corrected chi connectivity index (χ0v) is 22.4. The molecule has 2 N–H and O–H groups in total. The first kappa shape index (κ1) is 28.7. The van der Waals surface area contributed by atoms with E-state index in [1.807, 2.05) is 0 Å². The van der Waals surface area contributed by atoms with Crippen molar-refractivity contribution in [1.29, 1.82) is 0 Å². The van der Waals surface area contributed by atoms with E-state index in [4.69, 9.17) is 25.9 Å². The summed E-state index contributed by atoms with van der Waals surface area (Å²) in [5.41, 5.74) is -0.442. The predicted molar refractivity (Wildman–Crippen MR) is 141 cm³/mol. The number of aromatic nitrogens is 3. The van der Waals surface area contributed by atoms with Crippen LogP contribution in [-0.2, 0) is 9.59 Å². The Morgan fingerprint density at radius 2 is 2.00 bits per heavy atom. The average Bonchev–Trinajstić information content (AvgIpc) is 3.40. The minimum absolute atomic E-state index is 0.127. The molecule has 0 fully saturated rings. The average molecular weight is 575 g/mol. The van der Waals surface area contributed by atoms with Crippen LogP contribution in [0.25, 0.3) is 22.6 Å². The number of nitrogens with one attached hydrogen (secondary N) is 1. The van der Waals surface area contributed by atoms with Gasteiger partial charge in [0, 0.05) is 22.2 Å². The molecule has 0 radical (unpaired) electrons. The maximum Gasteiger partial charge on any atom is 0.335 e. The molecule has 0 saturated carbocycles. The van der Waals surface area contributed by atoms with Gasteiger partial charge in [-0.2, -0.15) is 8.78 Å². The number of pyridine rings is 1. The Kier molecular flexibility index (Phi) is 8.19. The molecule has 3 aromatic rings. The summed E-state index contributed by atoms with van der Waals surface area (Å²) in [4.78, 5) is 37.9. The van der Waals surface area contributed by atoms with E-state index in [0.717, 1.165) is 0 Å². The Morgan fingerprint density at radius 1 is 1.25 bits per heavy atom. The third kappa shape index (κ3) is 5.81. The number of halogens is 3. The Bertz CT molecular complexity index is 1580. The van der Waals surface area contributed by atoms with Gasteiger partial charge < -0.3 is 19.6 Å². The fourth-order valence-corrected chi connectivity index (χ4v) is 4.53. The van der Waals surface area contributed by atoms with E-state index in [1.165, 1.54) is 54.3 Å². The van der Waals surface area contributed by atoms with Gasteiger partial charge in [-0.1, -0.05) is 30.7 Å². The predicted octanol–water partition coefficient (Wildman–Crippen LogP) is 4.96. The second kappa shape index (κ2) is 11.4. The van der Waals surface area contributed by atoms with E-state index in [1.54, 1.807) is 19.9 Å². The summed E-state index contributed by atoms with van der Waals surface area (Å²) in [6, 6.07) is 4.83. The van der Waals surface area contributed by atoms with E-state index in [9.17, 15) is 23.2 Å². The van der Waals surface area contributed by atoms with Crippen LogP contribution in [-0.4, -0.2) is 44.4 Å². The van der Waals surface area contributed by atoms with Gasteiger partial charge in [-0.15, -0.1) is 10.2 Å². The van der Waals surface area contributed by atoms with Crippen molar-refractivity contribution in [3.05, 3.63) is 75.5 Å². The van der Waals surface area contributed by atoms with Gasteiger partial charge >= 0.3 is 12.4 Å². The van der Waals surface area contributed by atoms with E-state index in [-0.39, 0.29) is 41.2 Å². The molecule has 10 nitrogen and oxygen atoms in total. The maximum absolute atomic E-state index is 13.4. The van der Waals surface area contributed by atoms with Crippen LogP contribution in [0.4, 0.5) is 8.78 Å². The number of ether oxygens (including phenoxy) is 1. The molecule has 2 heterocycles. The van der Waals surface area contributed by atoms with Crippen molar-refractivity contribution in [2.45, 2.75) is 44.7 Å². The molecule has 0 aliphatic heterocycles. The quantitative estimate of drug-likeness (QED) is 0.366. The van der Waals surface area contributed by atoms with Crippen LogP contribution in [0.1, 0.15) is 45.0 Å². The molecule has 210 valence electrons. The topological polar surface area (TPSA) is 137 Å². The van der Waals surface area contributed by atoms with Crippen molar-refractivity contribution >= 4 is 23.5 Å². The zero-order valence-electron chi connectivity index (χ0n) is 21.7. The van der Waals surface area contributed by atoms with Crippen LogP contribution >= 0.6 is 11.6 Å². The summed E-state index contributed by atoms with van der Waals surface area (Å²) in [7, 11) is 1.38. The van der Waals surface area contributed by atoms with Crippen LogP contribution in [0.2, 0.25) is 5.02 Å². The number of carboxylic acids is 1. The molecule has 4 rings (SSSR count). The first-order valence-corrected chi connectivity index (χ1v) is 12.5. The number of rotatable bonds is 9. The minimum Gasteiger partial charge on any atom is -0.495 e. The fourth-order valence-electron chi connectivity index (χ4n) is 4.36. The second-order valence-electron chi connectivity index (χ2n) is 9.27. The summed E-state index contributed by atoms with van der Waals surface area (Å²) in [6.45, 7) is 3.48. The van der Waals surface area contributed by atoms with Crippen molar-refractivity contribution < 1.29 is 32.6 Å². The maximum atomic E-state index is 13.4. The van der Waals surface area contributed by atoms with Crippen LogP contribution in [0, 0.1) is 0 Å². The lowest BCUT2D eigenvalue weighted by Gasteiger charge is -2.31. The molecule has 1 amide bonds. The van der Waals surface area contributed by atoms with Gasteiger partial charge in [0.1, 0.15) is 11.8 Å². The summed E-state index contributed by atoms with van der Waals surface area (Å²) in [5.74, 6) is -2.38. The molecule has 0 bridgehead atoms. The Labute approximate surface area is 231 Å². The number of methoxy groups -OCH3 is 1. The lowest BCUT2D eigenvalue weighted by atomic mass is 9.90. The molecule has 2 atom stereocenters. The molecule has 1 aliphatic carbocycles. The largest absolute Gasteiger partial charge is 0.495 e. The summed E-state index contributed by atoms with van der Waals surface area (Å²) < 4.78 is 38.0. The highest BCUT2D eigenvalue weighted by molar-refractivity contribution is 6.31. The summed E-state index contributed by atoms with van der Waals surface area (Å²) in [6.07, 6.45) is 3.48. The lowest BCUT2D eigenvalue weighted by Crippen LogP contribution is -2.48. The number of carboxylic acid groups (broad SMARTS) is 1. The SMILES string of the molecule is CCC(C(=O)NC1(C)C=CC(C(=O)O)=CC1)n1cc(OC)c(-c2cc(Cl)ccc2-c2nnc(C(F)F)o2)cc1=O.